The summed E-state index contributed by atoms with van der Waals surface area (Å²) >= 11 is 1.30. The van der Waals surface area contributed by atoms with E-state index >= 15 is 0 Å². The average molecular weight is 399 g/mol. The van der Waals surface area contributed by atoms with Crippen molar-refractivity contribution < 1.29 is 13.9 Å². The van der Waals surface area contributed by atoms with E-state index in [1.807, 2.05) is 0 Å². The van der Waals surface area contributed by atoms with Crippen molar-refractivity contribution in [1.29, 1.82) is 0 Å². The summed E-state index contributed by atoms with van der Waals surface area (Å²) in [5.74, 6) is 0.450. The molecule has 3 aromatic rings. The molecule has 0 fully saturated rings. The van der Waals surface area contributed by atoms with Crippen LogP contribution in [0.3, 0.4) is 0 Å². The van der Waals surface area contributed by atoms with E-state index in [4.69, 9.17) is 4.74 Å². The number of methoxy groups -OCH3 is 1. The van der Waals surface area contributed by atoms with Crippen molar-refractivity contribution in [1.82, 2.24) is 9.97 Å². The van der Waals surface area contributed by atoms with Crippen LogP contribution in [0.5, 0.6) is 5.75 Å². The first-order valence-corrected chi connectivity index (χ1v) is 9.42. The van der Waals surface area contributed by atoms with Crippen LogP contribution in [-0.4, -0.2) is 23.0 Å². The molecule has 0 aliphatic carbocycles. The molecule has 0 bridgehead atoms. The molecule has 2 N–H and O–H groups in total. The monoisotopic (exact) mass is 399 g/mol. The largest absolute Gasteiger partial charge is 0.495 e. The van der Waals surface area contributed by atoms with Gasteiger partial charge in [-0.15, -0.1) is 0 Å². The Morgan fingerprint density at radius 1 is 1.21 bits per heavy atom. The molecule has 0 spiro atoms. The van der Waals surface area contributed by atoms with Crippen molar-refractivity contribution in [3.05, 3.63) is 82.0 Å². The summed E-state index contributed by atoms with van der Waals surface area (Å²) in [6.45, 7) is 0. The number of H-pyrrole nitrogens is 1. The van der Waals surface area contributed by atoms with E-state index in [1.54, 1.807) is 36.4 Å². The molecule has 0 atom stereocenters. The minimum atomic E-state index is -0.336. The molecule has 2 aromatic carbocycles. The van der Waals surface area contributed by atoms with Gasteiger partial charge in [-0.25, -0.2) is 9.37 Å². The van der Waals surface area contributed by atoms with Gasteiger partial charge in [-0.05, 0) is 29.8 Å². The standard InChI is InChI=1S/C20H18FN3O3S/c1-27-17-5-3-2-4-16(17)23-18(25)10-15-11-19(26)24-20(22-15)28-12-13-6-8-14(21)9-7-13/h2-9,11H,10,12H2,1H3,(H,23,25)(H,22,24,26). The van der Waals surface area contributed by atoms with Gasteiger partial charge in [-0.1, -0.05) is 36.0 Å². The topological polar surface area (TPSA) is 84.1 Å². The SMILES string of the molecule is COc1ccccc1NC(=O)Cc1cc(=O)[nH]c(SCc2ccc(F)cc2)n1. The van der Waals surface area contributed by atoms with Crippen molar-refractivity contribution in [3.63, 3.8) is 0 Å². The second kappa shape index (κ2) is 9.18. The number of hydrogen-bond acceptors (Lipinski definition) is 5. The molecule has 1 heterocycles. The van der Waals surface area contributed by atoms with Crippen LogP contribution >= 0.6 is 11.8 Å². The van der Waals surface area contributed by atoms with E-state index in [0.717, 1.165) is 5.56 Å². The fraction of sp³-hybridized carbons (Fsp3) is 0.150. The Morgan fingerprint density at radius 3 is 2.71 bits per heavy atom. The second-order valence-electron chi connectivity index (χ2n) is 5.88. The van der Waals surface area contributed by atoms with Crippen LogP contribution in [0.25, 0.3) is 0 Å². The number of amides is 1. The number of carbonyl (C=O) groups excluding carboxylic acids is 1. The van der Waals surface area contributed by atoms with Crippen LogP contribution in [0.1, 0.15) is 11.3 Å². The van der Waals surface area contributed by atoms with E-state index in [2.05, 4.69) is 15.3 Å². The average Bonchev–Trinajstić information content (AvgIpc) is 2.67. The molecular formula is C20H18FN3O3S. The highest BCUT2D eigenvalue weighted by molar-refractivity contribution is 7.98. The first kappa shape index (κ1) is 19.6. The number of nitrogens with one attached hydrogen (secondary N) is 2. The Balaban J connectivity index is 1.66. The molecule has 3 rings (SSSR count). The van der Waals surface area contributed by atoms with E-state index in [0.29, 0.717) is 28.0 Å². The molecule has 0 saturated heterocycles. The van der Waals surface area contributed by atoms with Gasteiger partial charge in [0, 0.05) is 11.8 Å². The van der Waals surface area contributed by atoms with E-state index in [9.17, 15) is 14.0 Å². The van der Waals surface area contributed by atoms with Gasteiger partial charge in [0.15, 0.2) is 5.16 Å². The highest BCUT2D eigenvalue weighted by atomic mass is 32.2. The maximum Gasteiger partial charge on any atom is 0.251 e. The maximum absolute atomic E-state index is 13.0. The van der Waals surface area contributed by atoms with Gasteiger partial charge in [0.1, 0.15) is 11.6 Å². The molecule has 0 aliphatic rings. The summed E-state index contributed by atoms with van der Waals surface area (Å²) in [6, 6.07) is 14.5. The minimum absolute atomic E-state index is 0.0495. The molecule has 28 heavy (non-hydrogen) atoms. The quantitative estimate of drug-likeness (QED) is 0.470. The first-order chi connectivity index (χ1) is 13.5. The van der Waals surface area contributed by atoms with Crippen LogP contribution in [0.15, 0.2) is 64.5 Å². The van der Waals surface area contributed by atoms with Crippen LogP contribution in [0, 0.1) is 5.82 Å². The zero-order valence-electron chi connectivity index (χ0n) is 15.1. The molecule has 6 nitrogen and oxygen atoms in total. The summed E-state index contributed by atoms with van der Waals surface area (Å²) in [5, 5.41) is 3.15. The predicted molar refractivity (Wildman–Crippen MR) is 106 cm³/mol. The highest BCUT2D eigenvalue weighted by Crippen LogP contribution is 2.23. The Bertz CT molecular complexity index is 1020. The summed E-state index contributed by atoms with van der Waals surface area (Å²) in [5.41, 5.74) is 1.47. The third kappa shape index (κ3) is 5.43. The van der Waals surface area contributed by atoms with Gasteiger partial charge in [0.05, 0.1) is 24.9 Å². The molecule has 8 heteroatoms. The van der Waals surface area contributed by atoms with Crippen molar-refractivity contribution in [2.24, 2.45) is 0 Å². The van der Waals surface area contributed by atoms with Gasteiger partial charge >= 0.3 is 0 Å². The van der Waals surface area contributed by atoms with Gasteiger partial charge in [0.2, 0.25) is 5.91 Å². The van der Waals surface area contributed by atoms with E-state index in [-0.39, 0.29) is 23.7 Å². The number of thioether (sulfide) groups is 1. The Hall–Kier alpha value is -3.13. The first-order valence-electron chi connectivity index (χ1n) is 8.44. The summed E-state index contributed by atoms with van der Waals surface area (Å²) in [4.78, 5) is 31.2. The van der Waals surface area contributed by atoms with Gasteiger partial charge in [-0.3, -0.25) is 9.59 Å². The smallest absolute Gasteiger partial charge is 0.251 e. The molecule has 0 aliphatic heterocycles. The number of para-hydroxylation sites is 2. The van der Waals surface area contributed by atoms with Crippen LogP contribution in [0.2, 0.25) is 0 Å². The molecule has 1 amide bonds. The van der Waals surface area contributed by atoms with Crippen molar-refractivity contribution in [3.8, 4) is 5.75 Å². The normalized spacial score (nSPS) is 10.5. The van der Waals surface area contributed by atoms with Crippen molar-refractivity contribution >= 4 is 23.4 Å². The highest BCUT2D eigenvalue weighted by Gasteiger charge is 2.11. The summed E-state index contributed by atoms with van der Waals surface area (Å²) in [7, 11) is 1.52. The number of benzene rings is 2. The predicted octanol–water partition coefficient (Wildman–Crippen LogP) is 3.39. The molecular weight excluding hydrogens is 381 g/mol. The maximum atomic E-state index is 13.0. The second-order valence-corrected chi connectivity index (χ2v) is 6.85. The van der Waals surface area contributed by atoms with Crippen molar-refractivity contribution in [2.75, 3.05) is 12.4 Å². The lowest BCUT2D eigenvalue weighted by molar-refractivity contribution is -0.115. The number of halogens is 1. The number of rotatable bonds is 7. The third-order valence-corrected chi connectivity index (χ3v) is 4.73. The number of ether oxygens (including phenoxy) is 1. The fourth-order valence-electron chi connectivity index (χ4n) is 2.48. The van der Waals surface area contributed by atoms with Gasteiger partial charge < -0.3 is 15.0 Å². The lowest BCUT2D eigenvalue weighted by Crippen LogP contribution is -2.18. The zero-order valence-corrected chi connectivity index (χ0v) is 15.9. The lowest BCUT2D eigenvalue weighted by Gasteiger charge is -2.10. The van der Waals surface area contributed by atoms with Crippen LogP contribution < -0.4 is 15.6 Å². The minimum Gasteiger partial charge on any atom is -0.495 e. The molecule has 0 unspecified atom stereocenters. The van der Waals surface area contributed by atoms with Crippen LogP contribution in [0.4, 0.5) is 10.1 Å². The van der Waals surface area contributed by atoms with E-state index in [1.165, 1.54) is 37.1 Å². The number of hydrogen-bond donors (Lipinski definition) is 2. The molecule has 0 radical (unpaired) electrons. The Labute approximate surface area is 165 Å². The van der Waals surface area contributed by atoms with Gasteiger partial charge in [0.25, 0.3) is 5.56 Å². The zero-order chi connectivity index (χ0) is 19.9. The third-order valence-electron chi connectivity index (χ3n) is 3.78. The molecule has 0 saturated carbocycles. The number of nitrogens with zero attached hydrogens (tertiary/aromatic N) is 1. The van der Waals surface area contributed by atoms with Crippen molar-refractivity contribution in [2.45, 2.75) is 17.3 Å². The molecule has 1 aromatic heterocycles. The number of aromatic amines is 1. The number of anilines is 1. The summed E-state index contributed by atoms with van der Waals surface area (Å²) < 4.78 is 18.2. The number of aromatic nitrogens is 2. The number of carbonyl (C=O) groups is 1. The Morgan fingerprint density at radius 2 is 1.96 bits per heavy atom. The van der Waals surface area contributed by atoms with Gasteiger partial charge in [-0.2, -0.15) is 0 Å². The van der Waals surface area contributed by atoms with Crippen LogP contribution in [-0.2, 0) is 17.0 Å². The summed E-state index contributed by atoms with van der Waals surface area (Å²) in [6.07, 6.45) is -0.0495. The van der Waals surface area contributed by atoms with E-state index < -0.39 is 0 Å². The Kier molecular flexibility index (Phi) is 6.44. The lowest BCUT2D eigenvalue weighted by atomic mass is 10.2. The fourth-order valence-corrected chi connectivity index (χ4v) is 3.33. The molecule has 144 valence electrons.